The Hall–Kier alpha value is -1.46. The Morgan fingerprint density at radius 3 is 1.36 bits per heavy atom. The van der Waals surface area contributed by atoms with Crippen molar-refractivity contribution < 1.29 is 19.1 Å². The topological polar surface area (TPSA) is 52.6 Å². The van der Waals surface area contributed by atoms with Crippen LogP contribution in [-0.4, -0.2) is 25.2 Å². The molecule has 0 saturated carbocycles. The minimum atomic E-state index is -1.01. The molecular weight excluding hydrogens is 446 g/mol. The van der Waals surface area contributed by atoms with Crippen molar-refractivity contribution in [3.05, 3.63) is 67.6 Å². The minimum Gasteiger partial charge on any atom is -0.465 e. The maximum absolute atomic E-state index is 12.9. The van der Waals surface area contributed by atoms with Crippen LogP contribution in [0.3, 0.4) is 0 Å². The van der Waals surface area contributed by atoms with Crippen molar-refractivity contribution in [2.45, 2.75) is 25.7 Å². The zero-order valence-corrected chi connectivity index (χ0v) is 18.2. The maximum atomic E-state index is 12.9. The summed E-state index contributed by atoms with van der Waals surface area (Å²) >= 11 is 24.3. The fraction of sp³-hybridized carbons (Fsp3) is 0.300. The molecule has 0 aliphatic rings. The smallest absolute Gasteiger partial charge is 0.314 e. The Morgan fingerprint density at radius 1 is 0.714 bits per heavy atom. The molecule has 2 rings (SSSR count). The predicted molar refractivity (Wildman–Crippen MR) is 112 cm³/mol. The molecule has 0 bridgehead atoms. The van der Waals surface area contributed by atoms with Gasteiger partial charge in [0.15, 0.2) is 0 Å². The predicted octanol–water partition coefficient (Wildman–Crippen LogP) is 6.29. The van der Waals surface area contributed by atoms with E-state index in [2.05, 4.69) is 0 Å². The van der Waals surface area contributed by atoms with Crippen molar-refractivity contribution in [1.82, 2.24) is 0 Å². The standard InChI is InChI=1S/C20H18Cl4O4/c1-3-27-19(25)17(11-5-7-13(21)15(23)9-11)18(20(26)28-4-2)12-6-8-14(22)16(24)10-12/h5-10,17-18H,3-4H2,1-2H3/t17-,18+. The second-order valence-corrected chi connectivity index (χ2v) is 7.44. The van der Waals surface area contributed by atoms with Crippen LogP contribution >= 0.6 is 46.4 Å². The molecule has 150 valence electrons. The molecule has 0 aromatic heterocycles. The fourth-order valence-electron chi connectivity index (χ4n) is 2.80. The van der Waals surface area contributed by atoms with E-state index in [-0.39, 0.29) is 23.3 Å². The van der Waals surface area contributed by atoms with Crippen molar-refractivity contribution >= 4 is 58.3 Å². The summed E-state index contributed by atoms with van der Waals surface area (Å²) in [6.07, 6.45) is 0. The third-order valence-corrected chi connectivity index (χ3v) is 5.50. The average molecular weight is 464 g/mol. The number of carbonyl (C=O) groups is 2. The number of esters is 2. The molecule has 2 aromatic carbocycles. The van der Waals surface area contributed by atoms with Gasteiger partial charge < -0.3 is 9.47 Å². The molecule has 0 spiro atoms. The van der Waals surface area contributed by atoms with Crippen molar-refractivity contribution in [1.29, 1.82) is 0 Å². The van der Waals surface area contributed by atoms with Crippen LogP contribution in [0.1, 0.15) is 36.8 Å². The fourth-order valence-corrected chi connectivity index (χ4v) is 3.42. The third-order valence-electron chi connectivity index (χ3n) is 4.02. The molecule has 0 amide bonds. The minimum absolute atomic E-state index is 0.146. The number of hydrogen-bond acceptors (Lipinski definition) is 4. The molecule has 0 radical (unpaired) electrons. The van der Waals surface area contributed by atoms with Gasteiger partial charge in [0.2, 0.25) is 0 Å². The van der Waals surface area contributed by atoms with Crippen LogP contribution in [0.2, 0.25) is 20.1 Å². The van der Waals surface area contributed by atoms with Crippen LogP contribution in [0, 0.1) is 0 Å². The summed E-state index contributed by atoms with van der Waals surface area (Å²) in [5.41, 5.74) is 0.939. The first-order valence-electron chi connectivity index (χ1n) is 8.53. The van der Waals surface area contributed by atoms with Crippen LogP contribution in [0.5, 0.6) is 0 Å². The first-order chi connectivity index (χ1) is 13.3. The van der Waals surface area contributed by atoms with E-state index in [4.69, 9.17) is 55.9 Å². The first kappa shape index (κ1) is 22.8. The SMILES string of the molecule is CCOC(=O)[C@H](c1ccc(Cl)c(Cl)c1)[C@@H](C(=O)OCC)c1ccc(Cl)c(Cl)c1. The number of benzene rings is 2. The highest BCUT2D eigenvalue weighted by atomic mass is 35.5. The molecule has 2 aromatic rings. The molecule has 0 saturated heterocycles. The van der Waals surface area contributed by atoms with Gasteiger partial charge in [0.05, 0.1) is 45.1 Å². The Balaban J connectivity index is 2.65. The summed E-state index contributed by atoms with van der Waals surface area (Å²) in [4.78, 5) is 25.7. The molecule has 8 heteroatoms. The van der Waals surface area contributed by atoms with Crippen LogP contribution in [0.25, 0.3) is 0 Å². The van der Waals surface area contributed by atoms with Gasteiger partial charge in [-0.25, -0.2) is 0 Å². The zero-order chi connectivity index (χ0) is 20.8. The highest BCUT2D eigenvalue weighted by Crippen LogP contribution is 2.39. The van der Waals surface area contributed by atoms with Gasteiger partial charge >= 0.3 is 11.9 Å². The molecule has 0 aliphatic heterocycles. The Bertz CT molecular complexity index is 798. The van der Waals surface area contributed by atoms with E-state index < -0.39 is 23.8 Å². The number of halogens is 4. The van der Waals surface area contributed by atoms with Gasteiger partial charge in [-0.1, -0.05) is 58.5 Å². The molecule has 0 heterocycles. The number of hydrogen-bond donors (Lipinski definition) is 0. The Morgan fingerprint density at radius 2 is 1.07 bits per heavy atom. The van der Waals surface area contributed by atoms with E-state index in [1.807, 2.05) is 0 Å². The summed E-state index contributed by atoms with van der Waals surface area (Å²) in [7, 11) is 0. The first-order valence-corrected chi connectivity index (χ1v) is 10.0. The van der Waals surface area contributed by atoms with Crippen LogP contribution in [0.15, 0.2) is 36.4 Å². The van der Waals surface area contributed by atoms with Gasteiger partial charge in [-0.2, -0.15) is 0 Å². The summed E-state index contributed by atoms with van der Waals surface area (Å²) in [5.74, 6) is -3.20. The summed E-state index contributed by atoms with van der Waals surface area (Å²) in [6.45, 7) is 3.66. The number of ether oxygens (including phenoxy) is 2. The largest absolute Gasteiger partial charge is 0.465 e. The number of rotatable bonds is 7. The molecule has 4 nitrogen and oxygen atoms in total. The lowest BCUT2D eigenvalue weighted by Crippen LogP contribution is -2.29. The van der Waals surface area contributed by atoms with Gasteiger partial charge in [0.1, 0.15) is 0 Å². The average Bonchev–Trinajstić information content (AvgIpc) is 2.65. The molecule has 0 aliphatic carbocycles. The monoisotopic (exact) mass is 462 g/mol. The van der Waals surface area contributed by atoms with E-state index in [1.165, 1.54) is 12.1 Å². The zero-order valence-electron chi connectivity index (χ0n) is 15.2. The van der Waals surface area contributed by atoms with Crippen LogP contribution in [0.4, 0.5) is 0 Å². The molecule has 28 heavy (non-hydrogen) atoms. The van der Waals surface area contributed by atoms with E-state index >= 15 is 0 Å². The van der Waals surface area contributed by atoms with Gasteiger partial charge in [-0.15, -0.1) is 0 Å². The Kier molecular flexibility index (Phi) is 8.44. The van der Waals surface area contributed by atoms with Crippen LogP contribution < -0.4 is 0 Å². The molecule has 2 atom stereocenters. The van der Waals surface area contributed by atoms with Gasteiger partial charge in [-0.3, -0.25) is 9.59 Å². The Labute approximate surface area is 183 Å². The van der Waals surface area contributed by atoms with Crippen molar-refractivity contribution in [2.75, 3.05) is 13.2 Å². The summed E-state index contributed by atoms with van der Waals surface area (Å²) in [6, 6.07) is 9.44. The third kappa shape index (κ3) is 5.32. The van der Waals surface area contributed by atoms with Crippen molar-refractivity contribution in [3.8, 4) is 0 Å². The highest BCUT2D eigenvalue weighted by Gasteiger charge is 2.39. The normalized spacial score (nSPS) is 12.9. The molecular formula is C20H18Cl4O4. The lowest BCUT2D eigenvalue weighted by Gasteiger charge is -2.25. The molecule has 0 unspecified atom stereocenters. The number of carbonyl (C=O) groups excluding carboxylic acids is 2. The highest BCUT2D eigenvalue weighted by molar-refractivity contribution is 6.42. The lowest BCUT2D eigenvalue weighted by atomic mass is 9.81. The summed E-state index contributed by atoms with van der Waals surface area (Å²) < 4.78 is 10.5. The van der Waals surface area contributed by atoms with Gasteiger partial charge in [0.25, 0.3) is 0 Å². The lowest BCUT2D eigenvalue weighted by molar-refractivity contribution is -0.153. The van der Waals surface area contributed by atoms with E-state index in [0.717, 1.165) is 0 Å². The van der Waals surface area contributed by atoms with E-state index in [1.54, 1.807) is 38.1 Å². The summed E-state index contributed by atoms with van der Waals surface area (Å²) in [5, 5.41) is 1.17. The second-order valence-electron chi connectivity index (χ2n) is 5.81. The molecule has 0 N–H and O–H groups in total. The van der Waals surface area contributed by atoms with Crippen molar-refractivity contribution in [2.24, 2.45) is 0 Å². The molecule has 0 fully saturated rings. The van der Waals surface area contributed by atoms with Gasteiger partial charge in [0, 0.05) is 0 Å². The quantitative estimate of drug-likeness (QED) is 0.452. The second kappa shape index (κ2) is 10.4. The van der Waals surface area contributed by atoms with E-state index in [0.29, 0.717) is 21.2 Å². The maximum Gasteiger partial charge on any atom is 0.314 e. The van der Waals surface area contributed by atoms with Crippen LogP contribution in [-0.2, 0) is 19.1 Å². The van der Waals surface area contributed by atoms with E-state index in [9.17, 15) is 9.59 Å². The van der Waals surface area contributed by atoms with Gasteiger partial charge in [-0.05, 0) is 49.2 Å². The van der Waals surface area contributed by atoms with Crippen molar-refractivity contribution in [3.63, 3.8) is 0 Å².